The predicted octanol–water partition coefficient (Wildman–Crippen LogP) is 1.90. The first-order chi connectivity index (χ1) is 16.8. The van der Waals surface area contributed by atoms with E-state index in [1.807, 2.05) is 24.8 Å². The molecule has 0 radical (unpaired) electrons. The van der Waals surface area contributed by atoms with Gasteiger partial charge in [-0.3, -0.25) is 9.59 Å². The van der Waals surface area contributed by atoms with Crippen LogP contribution in [0.1, 0.15) is 13.8 Å². The van der Waals surface area contributed by atoms with Crippen molar-refractivity contribution in [3.8, 4) is 0 Å². The standard InChI is InChI=1S/C24H29N5O5S/c1-3-27(4-2)22-10-9-19(35(32,33)28-11-13-34-14-12-28)15-21(22)26-23(30)17-29-24(31)20-8-6-5-7-18(20)16-25-29/h5-10,15-16H,3-4,11-14,17H2,1-2H3,(H,26,30). The van der Waals surface area contributed by atoms with Crippen molar-refractivity contribution in [2.24, 2.45) is 0 Å². The molecule has 0 saturated carbocycles. The average Bonchev–Trinajstić information content (AvgIpc) is 2.88. The number of hydrogen-bond donors (Lipinski definition) is 1. The van der Waals surface area contributed by atoms with Gasteiger partial charge < -0.3 is 15.0 Å². The van der Waals surface area contributed by atoms with Gasteiger partial charge in [0.15, 0.2) is 0 Å². The summed E-state index contributed by atoms with van der Waals surface area (Å²) in [7, 11) is -3.75. The lowest BCUT2D eigenvalue weighted by Crippen LogP contribution is -2.40. The summed E-state index contributed by atoms with van der Waals surface area (Å²) in [5.41, 5.74) is 0.691. The molecule has 1 fully saturated rings. The zero-order valence-corrected chi connectivity index (χ0v) is 20.6. The topological polar surface area (TPSA) is 114 Å². The fraction of sp³-hybridized carbons (Fsp3) is 0.375. The molecule has 1 N–H and O–H groups in total. The van der Waals surface area contributed by atoms with E-state index < -0.39 is 15.9 Å². The van der Waals surface area contributed by atoms with E-state index >= 15 is 0 Å². The maximum Gasteiger partial charge on any atom is 0.275 e. The minimum Gasteiger partial charge on any atom is -0.379 e. The van der Waals surface area contributed by atoms with Crippen LogP contribution in [0.2, 0.25) is 0 Å². The maximum atomic E-state index is 13.2. The number of hydrogen-bond acceptors (Lipinski definition) is 7. The van der Waals surface area contributed by atoms with Gasteiger partial charge in [0, 0.05) is 31.6 Å². The molecule has 0 aliphatic carbocycles. The predicted molar refractivity (Wildman–Crippen MR) is 134 cm³/mol. The van der Waals surface area contributed by atoms with Crippen molar-refractivity contribution in [2.45, 2.75) is 25.3 Å². The van der Waals surface area contributed by atoms with Crippen molar-refractivity contribution in [1.29, 1.82) is 0 Å². The average molecular weight is 500 g/mol. The summed E-state index contributed by atoms with van der Waals surface area (Å²) in [4.78, 5) is 27.8. The van der Waals surface area contributed by atoms with E-state index in [2.05, 4.69) is 10.4 Å². The van der Waals surface area contributed by atoms with Gasteiger partial charge in [0.2, 0.25) is 15.9 Å². The number of nitrogens with zero attached hydrogens (tertiary/aromatic N) is 4. The lowest BCUT2D eigenvalue weighted by molar-refractivity contribution is -0.117. The Balaban J connectivity index is 1.65. The van der Waals surface area contributed by atoms with Crippen molar-refractivity contribution >= 4 is 38.1 Å². The van der Waals surface area contributed by atoms with Crippen LogP contribution in [0.4, 0.5) is 11.4 Å². The molecule has 1 aliphatic rings. The fourth-order valence-corrected chi connectivity index (χ4v) is 5.55. The van der Waals surface area contributed by atoms with Crippen LogP contribution in [0.15, 0.2) is 58.4 Å². The molecule has 1 amide bonds. The van der Waals surface area contributed by atoms with E-state index in [-0.39, 0.29) is 30.1 Å². The number of benzene rings is 2. The van der Waals surface area contributed by atoms with Gasteiger partial charge in [-0.15, -0.1) is 0 Å². The number of carbonyl (C=O) groups excluding carboxylic acids is 1. The molecule has 1 aliphatic heterocycles. The van der Waals surface area contributed by atoms with E-state index in [1.54, 1.807) is 36.5 Å². The summed E-state index contributed by atoms with van der Waals surface area (Å²) >= 11 is 0. The van der Waals surface area contributed by atoms with Crippen LogP contribution < -0.4 is 15.8 Å². The van der Waals surface area contributed by atoms with E-state index in [0.29, 0.717) is 48.5 Å². The van der Waals surface area contributed by atoms with Crippen LogP contribution in [0.3, 0.4) is 0 Å². The summed E-state index contributed by atoms with van der Waals surface area (Å²) in [5.74, 6) is -0.482. The van der Waals surface area contributed by atoms with Gasteiger partial charge >= 0.3 is 0 Å². The summed E-state index contributed by atoms with van der Waals surface area (Å²) in [6, 6.07) is 11.8. The highest BCUT2D eigenvalue weighted by molar-refractivity contribution is 7.89. The van der Waals surface area contributed by atoms with Gasteiger partial charge in [-0.2, -0.15) is 9.40 Å². The fourth-order valence-electron chi connectivity index (χ4n) is 4.12. The molecule has 4 rings (SSSR count). The summed E-state index contributed by atoms with van der Waals surface area (Å²) < 4.78 is 34.1. The zero-order chi connectivity index (χ0) is 25.0. The molecule has 2 aromatic carbocycles. The monoisotopic (exact) mass is 499 g/mol. The van der Waals surface area contributed by atoms with E-state index in [0.717, 1.165) is 4.68 Å². The minimum absolute atomic E-state index is 0.0894. The van der Waals surface area contributed by atoms with E-state index in [9.17, 15) is 18.0 Å². The van der Waals surface area contributed by atoms with Gasteiger partial charge in [-0.05, 0) is 38.1 Å². The van der Waals surface area contributed by atoms with Gasteiger partial charge in [0.1, 0.15) is 6.54 Å². The smallest absolute Gasteiger partial charge is 0.275 e. The number of carbonyl (C=O) groups is 1. The summed E-state index contributed by atoms with van der Waals surface area (Å²) in [6.07, 6.45) is 1.54. The number of amides is 1. The largest absolute Gasteiger partial charge is 0.379 e. The molecule has 0 atom stereocenters. The highest BCUT2D eigenvalue weighted by Crippen LogP contribution is 2.30. The molecule has 35 heavy (non-hydrogen) atoms. The highest BCUT2D eigenvalue weighted by atomic mass is 32.2. The Hall–Kier alpha value is -3.28. The molecular weight excluding hydrogens is 470 g/mol. The zero-order valence-electron chi connectivity index (χ0n) is 19.8. The first-order valence-electron chi connectivity index (χ1n) is 11.6. The van der Waals surface area contributed by atoms with Crippen LogP contribution in [0.25, 0.3) is 10.8 Å². The van der Waals surface area contributed by atoms with Crippen molar-refractivity contribution < 1.29 is 17.9 Å². The molecule has 0 bridgehead atoms. The summed E-state index contributed by atoms with van der Waals surface area (Å²) in [6.45, 7) is 6.22. The molecule has 1 saturated heterocycles. The first kappa shape index (κ1) is 24.8. The third kappa shape index (κ3) is 5.21. The molecule has 0 unspecified atom stereocenters. The molecule has 10 nitrogen and oxygen atoms in total. The Bertz CT molecular complexity index is 1380. The third-order valence-electron chi connectivity index (χ3n) is 6.01. The van der Waals surface area contributed by atoms with Crippen molar-refractivity contribution in [3.05, 3.63) is 59.0 Å². The highest BCUT2D eigenvalue weighted by Gasteiger charge is 2.27. The molecular formula is C24H29N5O5S. The molecule has 0 spiro atoms. The number of sulfonamides is 1. The normalized spacial score (nSPS) is 14.7. The quantitative estimate of drug-likeness (QED) is 0.504. The van der Waals surface area contributed by atoms with E-state index in [4.69, 9.17) is 4.74 Å². The Labute approximate surface area is 204 Å². The number of ether oxygens (including phenoxy) is 1. The Morgan fingerprint density at radius 1 is 1.11 bits per heavy atom. The Morgan fingerprint density at radius 3 is 2.54 bits per heavy atom. The second-order valence-electron chi connectivity index (χ2n) is 8.11. The van der Waals surface area contributed by atoms with Gasteiger partial charge in [0.05, 0.1) is 41.1 Å². The van der Waals surface area contributed by atoms with Crippen LogP contribution in [0.5, 0.6) is 0 Å². The van der Waals surface area contributed by atoms with Crippen LogP contribution in [-0.4, -0.2) is 67.8 Å². The van der Waals surface area contributed by atoms with Gasteiger partial charge in [-0.25, -0.2) is 13.1 Å². The maximum absolute atomic E-state index is 13.2. The second kappa shape index (κ2) is 10.5. The molecule has 186 valence electrons. The lowest BCUT2D eigenvalue weighted by atomic mass is 10.2. The third-order valence-corrected chi connectivity index (χ3v) is 7.90. The SMILES string of the molecule is CCN(CC)c1ccc(S(=O)(=O)N2CCOCC2)cc1NC(=O)Cn1ncc2ccccc2c1=O. The molecule has 1 aromatic heterocycles. The lowest BCUT2D eigenvalue weighted by Gasteiger charge is -2.28. The molecule has 2 heterocycles. The number of nitrogens with one attached hydrogen (secondary N) is 1. The van der Waals surface area contributed by atoms with E-state index in [1.165, 1.54) is 10.4 Å². The number of morpholine rings is 1. The molecule has 3 aromatic rings. The van der Waals surface area contributed by atoms with Gasteiger partial charge in [0.25, 0.3) is 5.56 Å². The molecule has 11 heteroatoms. The Morgan fingerprint density at radius 2 is 1.83 bits per heavy atom. The van der Waals surface area contributed by atoms with Crippen molar-refractivity contribution in [3.63, 3.8) is 0 Å². The number of rotatable bonds is 8. The van der Waals surface area contributed by atoms with Crippen LogP contribution >= 0.6 is 0 Å². The van der Waals surface area contributed by atoms with Crippen LogP contribution in [-0.2, 0) is 26.1 Å². The van der Waals surface area contributed by atoms with Crippen molar-refractivity contribution in [1.82, 2.24) is 14.1 Å². The number of aromatic nitrogens is 2. The van der Waals surface area contributed by atoms with Gasteiger partial charge in [-0.1, -0.05) is 18.2 Å². The second-order valence-corrected chi connectivity index (χ2v) is 10.0. The Kier molecular flexibility index (Phi) is 7.48. The summed E-state index contributed by atoms with van der Waals surface area (Å²) in [5, 5.41) is 8.09. The number of fused-ring (bicyclic) bond motifs is 1. The first-order valence-corrected chi connectivity index (χ1v) is 13.0. The van der Waals surface area contributed by atoms with Crippen LogP contribution in [0, 0.1) is 0 Å². The van der Waals surface area contributed by atoms with Crippen molar-refractivity contribution in [2.75, 3.05) is 49.6 Å². The minimum atomic E-state index is -3.75. The number of anilines is 2.